The van der Waals surface area contributed by atoms with E-state index in [0.717, 1.165) is 19.6 Å². The van der Waals surface area contributed by atoms with Crippen LogP contribution in [0.4, 0.5) is 0 Å². The van der Waals surface area contributed by atoms with Gasteiger partial charge in [0.2, 0.25) is 0 Å². The van der Waals surface area contributed by atoms with Crippen molar-refractivity contribution in [1.29, 1.82) is 0 Å². The Kier molecular flexibility index (Phi) is 24.7. The maximum Gasteiger partial charge on any atom is 0.330 e. The van der Waals surface area contributed by atoms with Crippen LogP contribution in [0.1, 0.15) is 136 Å². The monoisotopic (exact) mass is 546 g/mol. The molecule has 2 N–H and O–H groups in total. The second-order valence-electron chi connectivity index (χ2n) is 11.2. The number of carbonyl (C=O) groups is 1. The van der Waals surface area contributed by atoms with E-state index in [-0.39, 0.29) is 11.7 Å². The molecule has 1 heterocycles. The summed E-state index contributed by atoms with van der Waals surface area (Å²) in [5.41, 5.74) is 0. The number of hydrogen-bond donors (Lipinski definition) is 2. The van der Waals surface area contributed by atoms with Gasteiger partial charge in [0.1, 0.15) is 18.9 Å². The molecule has 0 aromatic heterocycles. The Labute approximate surface area is 230 Å². The van der Waals surface area contributed by atoms with Crippen LogP contribution in [0.25, 0.3) is 0 Å². The smallest absolute Gasteiger partial charge is 0.330 e. The number of nitrogens with one attached hydrogen (secondary N) is 1. The molecule has 0 spiro atoms. The molecule has 0 aliphatic carbocycles. The van der Waals surface area contributed by atoms with Crippen LogP contribution in [-0.4, -0.2) is 56.7 Å². The van der Waals surface area contributed by atoms with Crippen LogP contribution in [0.5, 0.6) is 0 Å². The lowest BCUT2D eigenvalue weighted by Crippen LogP contribution is -3.10. The summed E-state index contributed by atoms with van der Waals surface area (Å²) in [6, 6.07) is 0. The van der Waals surface area contributed by atoms with E-state index >= 15 is 0 Å². The van der Waals surface area contributed by atoms with E-state index in [0.29, 0.717) is 26.2 Å². The fourth-order valence-electron chi connectivity index (χ4n) is 5.17. The van der Waals surface area contributed by atoms with Crippen molar-refractivity contribution in [3.63, 3.8) is 0 Å². The van der Waals surface area contributed by atoms with Crippen molar-refractivity contribution < 1.29 is 28.4 Å². The van der Waals surface area contributed by atoms with Gasteiger partial charge in [0.05, 0.1) is 26.3 Å². The number of hydrogen-bond acceptors (Lipinski definition) is 5. The Bertz CT molecular complexity index is 504. The topological polar surface area (TPSA) is 69.4 Å². The predicted octanol–water partition coefficient (Wildman–Crippen LogP) is 6.79. The lowest BCUT2D eigenvalue weighted by molar-refractivity contribution is -0.887. The zero-order valence-corrected chi connectivity index (χ0v) is 25.4. The summed E-state index contributed by atoms with van der Waals surface area (Å²) >= 11 is 0. The van der Waals surface area contributed by atoms with Crippen LogP contribution >= 0.6 is 8.60 Å². The van der Waals surface area contributed by atoms with Crippen molar-refractivity contribution >= 4 is 14.4 Å². The summed E-state index contributed by atoms with van der Waals surface area (Å²) in [6.07, 6.45) is 24.8. The molecule has 0 aromatic carbocycles. The van der Waals surface area contributed by atoms with Gasteiger partial charge in [-0.1, -0.05) is 103 Å². The molecular weight excluding hydrogens is 485 g/mol. The fourth-order valence-corrected chi connectivity index (χ4v) is 5.83. The number of carbonyl (C=O) groups excluding carboxylic acids is 1. The van der Waals surface area contributed by atoms with E-state index in [1.807, 2.05) is 0 Å². The molecule has 2 atom stereocenters. The Balaban J connectivity index is 1.89. The van der Waals surface area contributed by atoms with Crippen LogP contribution < -0.4 is 4.90 Å². The van der Waals surface area contributed by atoms with Crippen molar-refractivity contribution in [2.75, 3.05) is 46.1 Å². The summed E-state index contributed by atoms with van der Waals surface area (Å²) in [5, 5.41) is 0. The first-order chi connectivity index (χ1) is 18.1. The Hall–Kier alpha value is -0.100. The van der Waals surface area contributed by atoms with E-state index in [1.54, 1.807) is 11.8 Å². The van der Waals surface area contributed by atoms with E-state index < -0.39 is 8.60 Å². The quantitative estimate of drug-likeness (QED) is 0.0835. The summed E-state index contributed by atoms with van der Waals surface area (Å²) in [5.74, 6) is 0.101. The molecule has 0 aromatic rings. The van der Waals surface area contributed by atoms with Crippen molar-refractivity contribution in [3.05, 3.63) is 0 Å². The number of ketones is 1. The third-order valence-corrected chi connectivity index (χ3v) is 8.23. The molecule has 0 bridgehead atoms. The van der Waals surface area contributed by atoms with Gasteiger partial charge in [0, 0.05) is 31.8 Å². The minimum Gasteiger partial charge on any atom is -0.381 e. The number of unbranched alkanes of at least 4 members (excludes halogenated alkanes) is 15. The highest BCUT2D eigenvalue weighted by Crippen LogP contribution is 2.33. The van der Waals surface area contributed by atoms with Gasteiger partial charge in [0.25, 0.3) is 0 Å². The summed E-state index contributed by atoms with van der Waals surface area (Å²) < 4.78 is 16.8. The number of ether oxygens (including phenoxy) is 1. The van der Waals surface area contributed by atoms with Crippen molar-refractivity contribution in [3.8, 4) is 0 Å². The van der Waals surface area contributed by atoms with Gasteiger partial charge in [0.15, 0.2) is 0 Å². The van der Waals surface area contributed by atoms with Crippen molar-refractivity contribution in [1.82, 2.24) is 0 Å². The third kappa shape index (κ3) is 23.5. The van der Waals surface area contributed by atoms with Gasteiger partial charge in [-0.3, -0.25) is 0 Å². The third-order valence-electron chi connectivity index (χ3n) is 7.46. The normalized spacial score (nSPS) is 15.9. The predicted molar refractivity (Wildman–Crippen MR) is 155 cm³/mol. The lowest BCUT2D eigenvalue weighted by atomic mass is 10.0. The van der Waals surface area contributed by atoms with Crippen molar-refractivity contribution in [2.24, 2.45) is 5.92 Å². The molecule has 1 aliphatic rings. The summed E-state index contributed by atoms with van der Waals surface area (Å²) in [7, 11) is -1.88. The molecule has 6 nitrogen and oxygen atoms in total. The van der Waals surface area contributed by atoms with Gasteiger partial charge in [-0.2, -0.15) is 0 Å². The Morgan fingerprint density at radius 3 is 1.78 bits per heavy atom. The molecule has 0 radical (unpaired) electrons. The average molecular weight is 547 g/mol. The van der Waals surface area contributed by atoms with Gasteiger partial charge < -0.3 is 28.4 Å². The molecule has 1 aliphatic heterocycles. The number of Topliss-reactive ketones (excluding diaryl/α,β-unsaturated/α-hetero) is 1. The van der Waals surface area contributed by atoms with Gasteiger partial charge >= 0.3 is 8.60 Å². The highest BCUT2D eigenvalue weighted by atomic mass is 31.2. The van der Waals surface area contributed by atoms with Gasteiger partial charge in [-0.05, 0) is 13.3 Å². The lowest BCUT2D eigenvalue weighted by Gasteiger charge is -2.18. The summed E-state index contributed by atoms with van der Waals surface area (Å²) in [4.78, 5) is 23.2. The molecule has 1 fully saturated rings. The standard InChI is InChI=1S/C30H60NO5P/c1-3-4-5-6-7-8-9-10-11-12-13-14-15-16-17-20-24-34-27-30(26-29(2)32)28-36-37(33)35-25-23-31-21-18-19-22-31/h30,33H,3-28H2,1-2H3/p+1. The minimum absolute atomic E-state index is 0.0245. The number of rotatable bonds is 28. The average Bonchev–Trinajstić information content (AvgIpc) is 3.39. The maximum absolute atomic E-state index is 11.6. The molecule has 2 unspecified atom stereocenters. The van der Waals surface area contributed by atoms with Crippen molar-refractivity contribution in [2.45, 2.75) is 136 Å². The largest absolute Gasteiger partial charge is 0.381 e. The maximum atomic E-state index is 11.6. The summed E-state index contributed by atoms with van der Waals surface area (Å²) in [6.45, 7) is 9.25. The Morgan fingerprint density at radius 1 is 0.757 bits per heavy atom. The first kappa shape index (κ1) is 34.9. The fraction of sp³-hybridized carbons (Fsp3) is 0.967. The zero-order chi connectivity index (χ0) is 26.8. The first-order valence-electron chi connectivity index (χ1n) is 15.8. The zero-order valence-electron chi connectivity index (χ0n) is 24.5. The van der Waals surface area contributed by atoms with Gasteiger partial charge in [-0.15, -0.1) is 0 Å². The van der Waals surface area contributed by atoms with Crippen LogP contribution in [0.2, 0.25) is 0 Å². The van der Waals surface area contributed by atoms with E-state index in [4.69, 9.17) is 13.8 Å². The Morgan fingerprint density at radius 2 is 1.27 bits per heavy atom. The molecule has 0 amide bonds. The van der Waals surface area contributed by atoms with Gasteiger partial charge in [-0.25, -0.2) is 0 Å². The molecule has 1 rings (SSSR count). The number of likely N-dealkylation sites (tertiary alicyclic amines) is 1. The first-order valence-corrected chi connectivity index (χ1v) is 16.9. The SMILES string of the molecule is CCCCCCCCCCCCCCCCCCOCC(COP(O)OCC[NH+]1CCCC1)CC(C)=O. The van der Waals surface area contributed by atoms with E-state index in [9.17, 15) is 9.69 Å². The van der Waals surface area contributed by atoms with Crippen LogP contribution in [0.15, 0.2) is 0 Å². The van der Waals surface area contributed by atoms with E-state index in [2.05, 4.69) is 6.92 Å². The second-order valence-corrected chi connectivity index (χ2v) is 12.2. The number of quaternary nitrogens is 1. The minimum atomic E-state index is -1.88. The van der Waals surface area contributed by atoms with Crippen LogP contribution in [-0.2, 0) is 18.6 Å². The molecule has 1 saturated heterocycles. The van der Waals surface area contributed by atoms with Crippen LogP contribution in [0.3, 0.4) is 0 Å². The highest BCUT2D eigenvalue weighted by Gasteiger charge is 2.18. The van der Waals surface area contributed by atoms with Crippen LogP contribution in [0, 0.1) is 5.92 Å². The molecular formula is C30H61NO5P+. The van der Waals surface area contributed by atoms with E-state index in [1.165, 1.54) is 122 Å². The highest BCUT2D eigenvalue weighted by molar-refractivity contribution is 7.40. The molecule has 0 saturated carbocycles. The molecule has 220 valence electrons. The molecule has 37 heavy (non-hydrogen) atoms. The molecule has 7 heteroatoms. The second kappa shape index (κ2) is 26.1.